The third kappa shape index (κ3) is 4.55. The number of halogens is 3. The monoisotopic (exact) mass is 304 g/mol. The number of alkyl halides is 3. The fraction of sp³-hybridized carbons (Fsp3) is 0.333. The zero-order chi connectivity index (χ0) is 16.0. The van der Waals surface area contributed by atoms with Gasteiger partial charge in [-0.25, -0.2) is 4.79 Å². The molecule has 0 heterocycles. The SMILES string of the molecule is CCN(CC(N)=NO)C(=O)Nc1ccccc1C(F)(F)F. The zero-order valence-corrected chi connectivity index (χ0v) is 11.2. The molecule has 0 spiro atoms. The maximum atomic E-state index is 12.8. The average Bonchev–Trinajstić information content (AvgIpc) is 2.43. The van der Waals surface area contributed by atoms with Crippen molar-refractivity contribution in [2.45, 2.75) is 13.1 Å². The van der Waals surface area contributed by atoms with E-state index in [9.17, 15) is 18.0 Å². The van der Waals surface area contributed by atoms with E-state index in [0.717, 1.165) is 17.0 Å². The van der Waals surface area contributed by atoms with Crippen molar-refractivity contribution in [2.24, 2.45) is 10.9 Å². The maximum Gasteiger partial charge on any atom is 0.418 e. The molecule has 6 nitrogen and oxygen atoms in total. The predicted octanol–water partition coefficient (Wildman–Crippen LogP) is 2.31. The molecule has 0 bridgehead atoms. The largest absolute Gasteiger partial charge is 0.418 e. The summed E-state index contributed by atoms with van der Waals surface area (Å²) in [5, 5.41) is 13.3. The van der Waals surface area contributed by atoms with E-state index in [4.69, 9.17) is 10.9 Å². The zero-order valence-electron chi connectivity index (χ0n) is 11.2. The molecule has 0 saturated heterocycles. The molecule has 116 valence electrons. The highest BCUT2D eigenvalue weighted by molar-refractivity contribution is 5.93. The van der Waals surface area contributed by atoms with Crippen molar-refractivity contribution in [1.29, 1.82) is 0 Å². The third-order valence-electron chi connectivity index (χ3n) is 2.62. The molecule has 0 radical (unpaired) electrons. The van der Waals surface area contributed by atoms with Crippen LogP contribution in [0.2, 0.25) is 0 Å². The van der Waals surface area contributed by atoms with Crippen LogP contribution in [0.5, 0.6) is 0 Å². The van der Waals surface area contributed by atoms with Gasteiger partial charge in [-0.1, -0.05) is 17.3 Å². The molecule has 0 aromatic heterocycles. The van der Waals surface area contributed by atoms with Crippen molar-refractivity contribution < 1.29 is 23.2 Å². The molecular formula is C12H15F3N4O2. The van der Waals surface area contributed by atoms with E-state index in [-0.39, 0.29) is 24.6 Å². The quantitative estimate of drug-likeness (QED) is 0.345. The lowest BCUT2D eigenvalue weighted by atomic mass is 10.1. The van der Waals surface area contributed by atoms with Crippen LogP contribution < -0.4 is 11.1 Å². The summed E-state index contributed by atoms with van der Waals surface area (Å²) in [6, 6.07) is 3.85. The van der Waals surface area contributed by atoms with E-state index in [2.05, 4.69) is 10.5 Å². The summed E-state index contributed by atoms with van der Waals surface area (Å²) in [5.74, 6) is -0.226. The molecule has 0 saturated carbocycles. The second-order valence-electron chi connectivity index (χ2n) is 4.08. The number of likely N-dealkylation sites (N-methyl/N-ethyl adjacent to an activating group) is 1. The number of nitrogens with two attached hydrogens (primary N) is 1. The molecule has 2 amide bonds. The Balaban J connectivity index is 2.92. The lowest BCUT2D eigenvalue weighted by Gasteiger charge is -2.22. The van der Waals surface area contributed by atoms with Gasteiger partial charge in [0.25, 0.3) is 0 Å². The minimum absolute atomic E-state index is 0.177. The lowest BCUT2D eigenvalue weighted by molar-refractivity contribution is -0.136. The van der Waals surface area contributed by atoms with Gasteiger partial charge in [-0.15, -0.1) is 0 Å². The minimum Gasteiger partial charge on any atom is -0.409 e. The van der Waals surface area contributed by atoms with Crippen molar-refractivity contribution in [2.75, 3.05) is 18.4 Å². The van der Waals surface area contributed by atoms with Crippen molar-refractivity contribution in [1.82, 2.24) is 4.90 Å². The number of rotatable bonds is 4. The van der Waals surface area contributed by atoms with Crippen molar-refractivity contribution in [3.63, 3.8) is 0 Å². The molecule has 0 aliphatic heterocycles. The van der Waals surface area contributed by atoms with Crippen molar-refractivity contribution in [3.8, 4) is 0 Å². The Kier molecular flexibility index (Phi) is 5.39. The van der Waals surface area contributed by atoms with Crippen LogP contribution in [-0.4, -0.2) is 35.1 Å². The second-order valence-corrected chi connectivity index (χ2v) is 4.08. The molecule has 4 N–H and O–H groups in total. The lowest BCUT2D eigenvalue weighted by Crippen LogP contribution is -2.41. The Morgan fingerprint density at radius 2 is 2.05 bits per heavy atom. The molecule has 21 heavy (non-hydrogen) atoms. The number of nitrogens with zero attached hydrogens (tertiary/aromatic N) is 2. The van der Waals surface area contributed by atoms with Gasteiger partial charge < -0.3 is 21.2 Å². The summed E-state index contributed by atoms with van der Waals surface area (Å²) >= 11 is 0. The number of urea groups is 1. The number of para-hydroxylation sites is 1. The summed E-state index contributed by atoms with van der Waals surface area (Å²) < 4.78 is 38.4. The van der Waals surface area contributed by atoms with Gasteiger partial charge in [-0.05, 0) is 19.1 Å². The number of hydrogen-bond donors (Lipinski definition) is 3. The number of amidine groups is 1. The molecule has 0 unspecified atom stereocenters. The van der Waals surface area contributed by atoms with Gasteiger partial charge in [0.2, 0.25) is 0 Å². The van der Waals surface area contributed by atoms with Crippen molar-refractivity contribution in [3.05, 3.63) is 29.8 Å². The van der Waals surface area contributed by atoms with E-state index in [0.29, 0.717) is 0 Å². The highest BCUT2D eigenvalue weighted by Crippen LogP contribution is 2.34. The highest BCUT2D eigenvalue weighted by atomic mass is 19.4. The first kappa shape index (κ1) is 16.6. The highest BCUT2D eigenvalue weighted by Gasteiger charge is 2.33. The average molecular weight is 304 g/mol. The van der Waals surface area contributed by atoms with Gasteiger partial charge in [0.05, 0.1) is 17.8 Å². The second kappa shape index (κ2) is 6.82. The van der Waals surface area contributed by atoms with Crippen LogP contribution in [0.3, 0.4) is 0 Å². The Hall–Kier alpha value is -2.45. The molecule has 1 rings (SSSR count). The fourth-order valence-electron chi connectivity index (χ4n) is 1.59. The van der Waals surface area contributed by atoms with Crippen molar-refractivity contribution >= 4 is 17.6 Å². The van der Waals surface area contributed by atoms with Gasteiger partial charge in [0, 0.05) is 6.54 Å². The molecule has 0 aliphatic carbocycles. The number of hydrogen-bond acceptors (Lipinski definition) is 3. The van der Waals surface area contributed by atoms with Crippen LogP contribution >= 0.6 is 0 Å². The summed E-state index contributed by atoms with van der Waals surface area (Å²) in [5.41, 5.74) is 3.98. The fourth-order valence-corrected chi connectivity index (χ4v) is 1.59. The summed E-state index contributed by atoms with van der Waals surface area (Å²) in [4.78, 5) is 13.0. The number of oxime groups is 1. The van der Waals surface area contributed by atoms with E-state index in [1.165, 1.54) is 12.1 Å². The molecule has 1 aromatic carbocycles. The van der Waals surface area contributed by atoms with E-state index in [1.54, 1.807) is 6.92 Å². The molecule has 1 aromatic rings. The van der Waals surface area contributed by atoms with Gasteiger partial charge in [-0.2, -0.15) is 13.2 Å². The van der Waals surface area contributed by atoms with Crippen LogP contribution in [0, 0.1) is 0 Å². The number of carbonyl (C=O) groups excluding carboxylic acids is 1. The topological polar surface area (TPSA) is 90.9 Å². The molecule has 9 heteroatoms. The predicted molar refractivity (Wildman–Crippen MR) is 71.1 cm³/mol. The van der Waals surface area contributed by atoms with Crippen LogP contribution in [0.1, 0.15) is 12.5 Å². The third-order valence-corrected chi connectivity index (χ3v) is 2.62. The molecule has 0 aliphatic rings. The van der Waals surface area contributed by atoms with Gasteiger partial charge >= 0.3 is 12.2 Å². The normalized spacial score (nSPS) is 12.1. The molecule has 0 atom stereocenters. The van der Waals surface area contributed by atoms with Crippen LogP contribution in [-0.2, 0) is 6.18 Å². The minimum atomic E-state index is -4.58. The number of amides is 2. The first-order valence-electron chi connectivity index (χ1n) is 5.98. The summed E-state index contributed by atoms with van der Waals surface area (Å²) in [6.07, 6.45) is -4.58. The summed E-state index contributed by atoms with van der Waals surface area (Å²) in [7, 11) is 0. The Bertz CT molecular complexity index is 531. The molecular weight excluding hydrogens is 289 g/mol. The smallest absolute Gasteiger partial charge is 0.409 e. The van der Waals surface area contributed by atoms with Crippen LogP contribution in [0.25, 0.3) is 0 Å². The molecule has 0 fully saturated rings. The van der Waals surface area contributed by atoms with Gasteiger partial charge in [-0.3, -0.25) is 0 Å². The van der Waals surface area contributed by atoms with Gasteiger partial charge in [0.15, 0.2) is 5.84 Å². The first-order chi connectivity index (χ1) is 9.79. The number of benzene rings is 1. The maximum absolute atomic E-state index is 12.8. The van der Waals surface area contributed by atoms with Gasteiger partial charge in [0.1, 0.15) is 0 Å². The number of anilines is 1. The first-order valence-corrected chi connectivity index (χ1v) is 5.98. The van der Waals surface area contributed by atoms with E-state index in [1.807, 2.05) is 0 Å². The standard InChI is InChI=1S/C12H15F3N4O2/c1-2-19(7-10(16)18-21)11(20)17-9-6-4-3-5-8(9)12(13,14)15/h3-6,21H,2,7H2,1H3,(H2,16,18)(H,17,20). The van der Waals surface area contributed by atoms with Crippen LogP contribution in [0.15, 0.2) is 29.4 Å². The number of nitrogens with one attached hydrogen (secondary N) is 1. The Morgan fingerprint density at radius 1 is 1.43 bits per heavy atom. The van der Waals surface area contributed by atoms with Crippen LogP contribution in [0.4, 0.5) is 23.7 Å². The van der Waals surface area contributed by atoms with E-state index < -0.39 is 17.8 Å². The van der Waals surface area contributed by atoms with E-state index >= 15 is 0 Å². The Morgan fingerprint density at radius 3 is 2.57 bits per heavy atom. The Labute approximate surface area is 119 Å². The number of carbonyl (C=O) groups is 1. The summed E-state index contributed by atoms with van der Waals surface area (Å²) in [6.45, 7) is 1.59.